The summed E-state index contributed by atoms with van der Waals surface area (Å²) in [5, 5.41) is 9.39. The Bertz CT molecular complexity index is 1130. The highest BCUT2D eigenvalue weighted by Crippen LogP contribution is 2.38. The van der Waals surface area contributed by atoms with E-state index in [0.717, 1.165) is 5.56 Å². The number of rotatable bonds is 5. The minimum Gasteiger partial charge on any atom is -0.493 e. The van der Waals surface area contributed by atoms with Crippen LogP contribution in [0.5, 0.6) is 11.5 Å². The molecule has 0 aromatic heterocycles. The number of amides is 2. The molecule has 0 radical (unpaired) electrons. The molecule has 2 aromatic rings. The van der Waals surface area contributed by atoms with Crippen molar-refractivity contribution in [1.82, 2.24) is 9.80 Å². The van der Waals surface area contributed by atoms with E-state index in [1.807, 2.05) is 12.1 Å². The van der Waals surface area contributed by atoms with Crippen LogP contribution in [0, 0.1) is 11.3 Å². The first-order valence-electron chi connectivity index (χ1n) is 9.08. The Morgan fingerprint density at radius 2 is 1.81 bits per heavy atom. The number of carbonyl (C=O) groups is 2. The molecule has 0 N–H and O–H groups in total. The van der Waals surface area contributed by atoms with E-state index in [2.05, 4.69) is 22.0 Å². The average Bonchev–Trinajstić information content (AvgIpc) is 2.78. The zero-order valence-electron chi connectivity index (χ0n) is 17.0. The molecule has 0 unspecified atom stereocenters. The summed E-state index contributed by atoms with van der Waals surface area (Å²) in [4.78, 5) is 27.6. The van der Waals surface area contributed by atoms with Crippen molar-refractivity contribution in [2.45, 2.75) is 6.61 Å². The van der Waals surface area contributed by atoms with Gasteiger partial charge in [0.25, 0.3) is 11.8 Å². The van der Waals surface area contributed by atoms with Gasteiger partial charge in [-0.2, -0.15) is 5.26 Å². The summed E-state index contributed by atoms with van der Waals surface area (Å²) >= 11 is 8.57. The van der Waals surface area contributed by atoms with Crippen LogP contribution < -0.4 is 9.47 Å². The van der Waals surface area contributed by atoms with Crippen LogP contribution in [0.25, 0.3) is 6.08 Å². The van der Waals surface area contributed by atoms with Gasteiger partial charge >= 0.3 is 0 Å². The summed E-state index contributed by atoms with van der Waals surface area (Å²) in [5.74, 6) is -0.106. The minimum atomic E-state index is -0.475. The molecule has 0 atom stereocenters. The largest absolute Gasteiger partial charge is 0.493 e. The van der Waals surface area contributed by atoms with Gasteiger partial charge in [0.15, 0.2) is 16.6 Å². The quantitative estimate of drug-likeness (QED) is 0.355. The molecule has 3 rings (SSSR count). The van der Waals surface area contributed by atoms with Crippen molar-refractivity contribution < 1.29 is 19.1 Å². The Morgan fingerprint density at radius 1 is 1.16 bits per heavy atom. The fraction of sp³-hybridized carbons (Fsp3) is 0.182. The number of thiocarbonyl (C=S) groups is 1. The van der Waals surface area contributed by atoms with Crippen molar-refractivity contribution in [2.24, 2.45) is 0 Å². The van der Waals surface area contributed by atoms with Gasteiger partial charge in [-0.1, -0.05) is 18.2 Å². The maximum atomic E-state index is 12.6. The predicted molar refractivity (Wildman–Crippen MR) is 122 cm³/mol. The molecule has 158 valence electrons. The summed E-state index contributed by atoms with van der Waals surface area (Å²) < 4.78 is 11.9. The third-order valence-corrected chi connectivity index (χ3v) is 5.85. The second-order valence-corrected chi connectivity index (χ2v) is 7.88. The molecule has 1 fully saturated rings. The molecule has 1 aliphatic heterocycles. The molecule has 0 spiro atoms. The number of nitriles is 1. The molecule has 2 aromatic carbocycles. The molecule has 31 heavy (non-hydrogen) atoms. The number of hydrogen-bond donors (Lipinski definition) is 0. The van der Waals surface area contributed by atoms with Crippen molar-refractivity contribution in [3.05, 3.63) is 63.1 Å². The van der Waals surface area contributed by atoms with E-state index < -0.39 is 11.8 Å². The normalized spacial score (nSPS) is 13.9. The number of likely N-dealkylation sites (N-methyl/N-ethyl adjacent to an activating group) is 2. The first-order chi connectivity index (χ1) is 14.8. The zero-order chi connectivity index (χ0) is 22.7. The van der Waals surface area contributed by atoms with E-state index in [1.165, 1.54) is 37.1 Å². The van der Waals surface area contributed by atoms with Gasteiger partial charge in [0.2, 0.25) is 0 Å². The van der Waals surface area contributed by atoms with E-state index in [9.17, 15) is 14.9 Å². The van der Waals surface area contributed by atoms with Crippen LogP contribution in [0.2, 0.25) is 0 Å². The molecule has 9 heteroatoms. The lowest BCUT2D eigenvalue weighted by Gasteiger charge is -2.31. The fourth-order valence-electron chi connectivity index (χ4n) is 3.01. The number of methoxy groups -OCH3 is 1. The van der Waals surface area contributed by atoms with Crippen molar-refractivity contribution in [3.8, 4) is 17.6 Å². The second kappa shape index (κ2) is 9.29. The molecular weight excluding hydrogens is 482 g/mol. The Kier molecular flexibility index (Phi) is 6.73. The highest BCUT2D eigenvalue weighted by atomic mass is 79.9. The Hall–Kier alpha value is -3.22. The molecular formula is C22H18BrN3O4S. The van der Waals surface area contributed by atoms with E-state index in [-0.39, 0.29) is 17.3 Å². The van der Waals surface area contributed by atoms with Crippen LogP contribution in [0.4, 0.5) is 0 Å². The molecule has 0 aliphatic carbocycles. The summed E-state index contributed by atoms with van der Waals surface area (Å²) in [5.41, 5.74) is 1.83. The molecule has 7 nitrogen and oxygen atoms in total. The zero-order valence-corrected chi connectivity index (χ0v) is 19.4. The van der Waals surface area contributed by atoms with E-state index in [1.54, 1.807) is 24.3 Å². The van der Waals surface area contributed by atoms with Crippen LogP contribution >= 0.6 is 28.1 Å². The Balaban J connectivity index is 1.93. The van der Waals surface area contributed by atoms with Crippen molar-refractivity contribution >= 4 is 51.2 Å². The molecule has 1 aliphatic rings. The number of ether oxygens (including phenoxy) is 2. The average molecular weight is 500 g/mol. The molecule has 1 saturated heterocycles. The van der Waals surface area contributed by atoms with Crippen molar-refractivity contribution in [3.63, 3.8) is 0 Å². The fourth-order valence-corrected chi connectivity index (χ4v) is 3.75. The molecule has 0 saturated carbocycles. The summed E-state index contributed by atoms with van der Waals surface area (Å²) in [6, 6.07) is 12.7. The maximum absolute atomic E-state index is 12.6. The van der Waals surface area contributed by atoms with Gasteiger partial charge in [-0.25, -0.2) is 0 Å². The van der Waals surface area contributed by atoms with Crippen LogP contribution in [0.3, 0.4) is 0 Å². The van der Waals surface area contributed by atoms with Gasteiger partial charge in [-0.15, -0.1) is 0 Å². The van der Waals surface area contributed by atoms with Crippen LogP contribution in [-0.2, 0) is 16.2 Å². The number of benzene rings is 2. The van der Waals surface area contributed by atoms with Gasteiger partial charge < -0.3 is 9.47 Å². The molecule has 2 amide bonds. The maximum Gasteiger partial charge on any atom is 0.265 e. The first-order valence-corrected chi connectivity index (χ1v) is 10.3. The summed E-state index contributed by atoms with van der Waals surface area (Å²) in [6.07, 6.45) is 1.49. The van der Waals surface area contributed by atoms with E-state index in [4.69, 9.17) is 21.7 Å². The number of carbonyl (C=O) groups excluding carboxylic acids is 2. The third-order valence-electron chi connectivity index (χ3n) is 4.72. The van der Waals surface area contributed by atoms with Gasteiger partial charge in [0, 0.05) is 19.7 Å². The third kappa shape index (κ3) is 4.45. The van der Waals surface area contributed by atoms with Gasteiger partial charge in [-0.05, 0) is 58.0 Å². The number of halogens is 1. The Morgan fingerprint density at radius 3 is 2.42 bits per heavy atom. The van der Waals surface area contributed by atoms with Crippen molar-refractivity contribution in [2.75, 3.05) is 21.2 Å². The van der Waals surface area contributed by atoms with Gasteiger partial charge in [0.05, 0.1) is 23.2 Å². The summed E-state index contributed by atoms with van der Waals surface area (Å²) in [6.45, 7) is 0.170. The van der Waals surface area contributed by atoms with E-state index in [0.29, 0.717) is 27.1 Å². The number of nitrogens with zero attached hydrogens (tertiary/aromatic N) is 3. The monoisotopic (exact) mass is 499 g/mol. The topological polar surface area (TPSA) is 82.9 Å². The second-order valence-electron chi connectivity index (χ2n) is 6.66. The lowest BCUT2D eigenvalue weighted by molar-refractivity contribution is -0.132. The Labute approximate surface area is 193 Å². The number of hydrogen-bond acceptors (Lipinski definition) is 6. The van der Waals surface area contributed by atoms with Gasteiger partial charge in [0.1, 0.15) is 12.2 Å². The highest BCUT2D eigenvalue weighted by Gasteiger charge is 2.35. The summed E-state index contributed by atoms with van der Waals surface area (Å²) in [7, 11) is 4.54. The smallest absolute Gasteiger partial charge is 0.265 e. The van der Waals surface area contributed by atoms with E-state index >= 15 is 0 Å². The standard InChI is InChI=1S/C22H18BrN3O4S/c1-25-20(27)16(21(28)26(2)22(25)31)8-13-9-17(23)19(18(10-13)29-3)30-12-15-7-5-4-6-14(15)11-24/h4-10H,12H2,1-3H3. The SMILES string of the molecule is COc1cc(C=C2C(=O)N(C)C(=S)N(C)C2=O)cc(Br)c1OCc1ccccc1C#N. The highest BCUT2D eigenvalue weighted by molar-refractivity contribution is 9.10. The first kappa shape index (κ1) is 22.5. The van der Waals surface area contributed by atoms with Crippen LogP contribution in [0.1, 0.15) is 16.7 Å². The lowest BCUT2D eigenvalue weighted by Crippen LogP contribution is -2.52. The predicted octanol–water partition coefficient (Wildman–Crippen LogP) is 3.51. The molecule has 1 heterocycles. The van der Waals surface area contributed by atoms with Crippen molar-refractivity contribution in [1.29, 1.82) is 5.26 Å². The lowest BCUT2D eigenvalue weighted by atomic mass is 10.1. The minimum absolute atomic E-state index is 0.0100. The van der Waals surface area contributed by atoms with Gasteiger partial charge in [-0.3, -0.25) is 19.4 Å². The molecule has 0 bridgehead atoms. The van der Waals surface area contributed by atoms with Crippen LogP contribution in [0.15, 0.2) is 46.4 Å². The van der Waals surface area contributed by atoms with Crippen LogP contribution in [-0.4, -0.2) is 47.9 Å².